The van der Waals surface area contributed by atoms with Crippen LogP contribution in [-0.4, -0.2) is 31.1 Å². The quantitative estimate of drug-likeness (QED) is 0.737. The molecule has 0 bridgehead atoms. The highest BCUT2D eigenvalue weighted by Gasteiger charge is 2.02. The highest BCUT2D eigenvalue weighted by molar-refractivity contribution is 7.10. The number of rotatable bonds is 7. The van der Waals surface area contributed by atoms with E-state index in [1.54, 1.807) is 0 Å². The van der Waals surface area contributed by atoms with Crippen molar-refractivity contribution in [2.45, 2.75) is 39.8 Å². The summed E-state index contributed by atoms with van der Waals surface area (Å²) in [5, 5.41) is 5.67. The van der Waals surface area contributed by atoms with Crippen LogP contribution in [0, 0.1) is 6.92 Å². The molecule has 1 heterocycles. The second-order valence-electron chi connectivity index (χ2n) is 4.63. The van der Waals surface area contributed by atoms with Crippen molar-refractivity contribution in [3.8, 4) is 0 Å². The van der Waals surface area contributed by atoms with Gasteiger partial charge in [-0.15, -0.1) is 11.3 Å². The molecule has 1 N–H and O–H groups in total. The van der Waals surface area contributed by atoms with Gasteiger partial charge in [0.2, 0.25) is 0 Å². The highest BCUT2D eigenvalue weighted by Crippen LogP contribution is 2.14. The standard InChI is InChI=1S/C13H24N2S/c1-11(2)15(4)8-5-7-14-10-13-12(3)6-9-16-13/h6,9,11,14H,5,7-8,10H2,1-4H3. The molecule has 1 aromatic heterocycles. The molecule has 92 valence electrons. The summed E-state index contributed by atoms with van der Waals surface area (Å²) in [6.07, 6.45) is 1.22. The number of thiophene rings is 1. The van der Waals surface area contributed by atoms with Crippen molar-refractivity contribution in [1.82, 2.24) is 10.2 Å². The van der Waals surface area contributed by atoms with Gasteiger partial charge in [-0.1, -0.05) is 0 Å². The third-order valence-corrected chi connectivity index (χ3v) is 4.02. The zero-order valence-electron chi connectivity index (χ0n) is 10.9. The van der Waals surface area contributed by atoms with Gasteiger partial charge in [0.15, 0.2) is 0 Å². The van der Waals surface area contributed by atoms with Crippen molar-refractivity contribution in [2.24, 2.45) is 0 Å². The first-order valence-electron chi connectivity index (χ1n) is 6.05. The maximum absolute atomic E-state index is 3.51. The van der Waals surface area contributed by atoms with Gasteiger partial charge in [-0.2, -0.15) is 0 Å². The SMILES string of the molecule is Cc1ccsc1CNCCCN(C)C(C)C. The van der Waals surface area contributed by atoms with Crippen LogP contribution >= 0.6 is 11.3 Å². The molecule has 0 fully saturated rings. The van der Waals surface area contributed by atoms with Gasteiger partial charge in [-0.05, 0) is 64.3 Å². The molecule has 2 nitrogen and oxygen atoms in total. The van der Waals surface area contributed by atoms with E-state index in [9.17, 15) is 0 Å². The lowest BCUT2D eigenvalue weighted by Gasteiger charge is -2.20. The first-order chi connectivity index (χ1) is 7.61. The monoisotopic (exact) mass is 240 g/mol. The second-order valence-corrected chi connectivity index (χ2v) is 5.63. The average molecular weight is 240 g/mol. The lowest BCUT2D eigenvalue weighted by atomic mass is 10.3. The molecule has 0 saturated heterocycles. The molecule has 0 aliphatic carbocycles. The third kappa shape index (κ3) is 4.64. The van der Waals surface area contributed by atoms with E-state index in [0.717, 1.165) is 13.1 Å². The van der Waals surface area contributed by atoms with Crippen molar-refractivity contribution >= 4 is 11.3 Å². The second kappa shape index (κ2) is 7.05. The van der Waals surface area contributed by atoms with E-state index in [-0.39, 0.29) is 0 Å². The largest absolute Gasteiger partial charge is 0.312 e. The van der Waals surface area contributed by atoms with Gasteiger partial charge < -0.3 is 10.2 Å². The smallest absolute Gasteiger partial charge is 0.0302 e. The Morgan fingerprint density at radius 2 is 2.19 bits per heavy atom. The molecule has 0 spiro atoms. The Labute approximate surface area is 104 Å². The zero-order chi connectivity index (χ0) is 12.0. The van der Waals surface area contributed by atoms with Gasteiger partial charge in [0, 0.05) is 17.5 Å². The van der Waals surface area contributed by atoms with E-state index in [1.165, 1.54) is 23.4 Å². The maximum atomic E-state index is 3.51. The summed E-state index contributed by atoms with van der Waals surface area (Å²) >= 11 is 1.85. The Morgan fingerprint density at radius 1 is 1.44 bits per heavy atom. The van der Waals surface area contributed by atoms with Gasteiger partial charge in [-0.3, -0.25) is 0 Å². The molecular formula is C13H24N2S. The first-order valence-corrected chi connectivity index (χ1v) is 6.93. The van der Waals surface area contributed by atoms with Gasteiger partial charge >= 0.3 is 0 Å². The zero-order valence-corrected chi connectivity index (χ0v) is 11.7. The Balaban J connectivity index is 2.07. The van der Waals surface area contributed by atoms with Crippen molar-refractivity contribution in [3.63, 3.8) is 0 Å². The Hall–Kier alpha value is -0.380. The molecule has 16 heavy (non-hydrogen) atoms. The van der Waals surface area contributed by atoms with Gasteiger partial charge in [0.1, 0.15) is 0 Å². The molecule has 1 rings (SSSR count). The van der Waals surface area contributed by atoms with Crippen LogP contribution < -0.4 is 5.32 Å². The lowest BCUT2D eigenvalue weighted by Crippen LogP contribution is -2.29. The van der Waals surface area contributed by atoms with Crippen molar-refractivity contribution in [2.75, 3.05) is 20.1 Å². The molecule has 0 amide bonds. The van der Waals surface area contributed by atoms with E-state index in [0.29, 0.717) is 6.04 Å². The highest BCUT2D eigenvalue weighted by atomic mass is 32.1. The normalized spacial score (nSPS) is 11.6. The summed E-state index contributed by atoms with van der Waals surface area (Å²) in [7, 11) is 2.19. The summed E-state index contributed by atoms with van der Waals surface area (Å²) < 4.78 is 0. The fraction of sp³-hybridized carbons (Fsp3) is 0.692. The molecule has 0 aliphatic heterocycles. The minimum atomic E-state index is 0.652. The predicted octanol–water partition coefficient (Wildman–Crippen LogP) is 2.88. The molecule has 0 aliphatic rings. The molecule has 3 heteroatoms. The first kappa shape index (κ1) is 13.7. The van der Waals surface area contributed by atoms with Crippen molar-refractivity contribution in [1.29, 1.82) is 0 Å². The summed E-state index contributed by atoms with van der Waals surface area (Å²) in [4.78, 5) is 3.86. The molecule has 0 unspecified atom stereocenters. The van der Waals surface area contributed by atoms with Crippen LogP contribution in [0.3, 0.4) is 0 Å². The van der Waals surface area contributed by atoms with Crippen LogP contribution in [0.15, 0.2) is 11.4 Å². The van der Waals surface area contributed by atoms with Crippen molar-refractivity contribution < 1.29 is 0 Å². The Morgan fingerprint density at radius 3 is 2.75 bits per heavy atom. The van der Waals surface area contributed by atoms with Crippen LogP contribution in [0.25, 0.3) is 0 Å². The number of nitrogens with zero attached hydrogens (tertiary/aromatic N) is 1. The van der Waals surface area contributed by atoms with Crippen LogP contribution in [0.5, 0.6) is 0 Å². The minimum absolute atomic E-state index is 0.652. The molecule has 0 aromatic carbocycles. The topological polar surface area (TPSA) is 15.3 Å². The molecule has 0 radical (unpaired) electrons. The summed E-state index contributed by atoms with van der Waals surface area (Å²) in [5.74, 6) is 0. The Kier molecular flexibility index (Phi) is 6.03. The fourth-order valence-corrected chi connectivity index (χ4v) is 2.37. The van der Waals surface area contributed by atoms with Crippen LogP contribution in [0.2, 0.25) is 0 Å². The van der Waals surface area contributed by atoms with Crippen molar-refractivity contribution in [3.05, 3.63) is 21.9 Å². The lowest BCUT2D eigenvalue weighted by molar-refractivity contribution is 0.269. The third-order valence-electron chi connectivity index (χ3n) is 3.00. The van der Waals surface area contributed by atoms with E-state index in [4.69, 9.17) is 0 Å². The fourth-order valence-electron chi connectivity index (χ4n) is 1.50. The van der Waals surface area contributed by atoms with Gasteiger partial charge in [-0.25, -0.2) is 0 Å². The maximum Gasteiger partial charge on any atom is 0.0302 e. The Bertz CT molecular complexity index is 294. The van der Waals surface area contributed by atoms with E-state index in [2.05, 4.69) is 49.5 Å². The van der Waals surface area contributed by atoms with E-state index < -0.39 is 0 Å². The summed E-state index contributed by atoms with van der Waals surface area (Å²) in [6.45, 7) is 9.96. The van der Waals surface area contributed by atoms with E-state index in [1.807, 2.05) is 11.3 Å². The number of hydrogen-bond donors (Lipinski definition) is 1. The molecule has 0 saturated carbocycles. The number of hydrogen-bond acceptors (Lipinski definition) is 3. The van der Waals surface area contributed by atoms with Gasteiger partial charge in [0.05, 0.1) is 0 Å². The van der Waals surface area contributed by atoms with Crippen LogP contribution in [0.1, 0.15) is 30.7 Å². The minimum Gasteiger partial charge on any atom is -0.312 e. The number of nitrogens with one attached hydrogen (secondary N) is 1. The molecular weight excluding hydrogens is 216 g/mol. The van der Waals surface area contributed by atoms with Crippen LogP contribution in [0.4, 0.5) is 0 Å². The summed E-state index contributed by atoms with van der Waals surface area (Å²) in [6, 6.07) is 2.84. The predicted molar refractivity (Wildman–Crippen MR) is 73.1 cm³/mol. The van der Waals surface area contributed by atoms with Crippen LogP contribution in [-0.2, 0) is 6.54 Å². The summed E-state index contributed by atoms with van der Waals surface area (Å²) in [5.41, 5.74) is 1.41. The number of aryl methyl sites for hydroxylation is 1. The van der Waals surface area contributed by atoms with E-state index >= 15 is 0 Å². The van der Waals surface area contributed by atoms with Gasteiger partial charge in [0.25, 0.3) is 0 Å². The average Bonchev–Trinajstić information content (AvgIpc) is 2.63. The molecule has 1 aromatic rings. The molecule has 0 atom stereocenters.